The minimum absolute atomic E-state index is 0. The number of hydrogen-bond acceptors (Lipinski definition) is 3. The van der Waals surface area contributed by atoms with E-state index in [1.807, 2.05) is 55.6 Å². The molecule has 0 spiro atoms. The van der Waals surface area contributed by atoms with Gasteiger partial charge in [0.1, 0.15) is 0 Å². The molecule has 0 aliphatic rings. The number of fused-ring (bicyclic) bond motifs is 3. The van der Waals surface area contributed by atoms with Crippen LogP contribution in [0.3, 0.4) is 0 Å². The van der Waals surface area contributed by atoms with Crippen LogP contribution in [0.15, 0.2) is 140 Å². The Balaban J connectivity index is 0.000000263. The van der Waals surface area contributed by atoms with E-state index in [0.717, 1.165) is 38.3 Å². The van der Waals surface area contributed by atoms with Gasteiger partial charge in [-0.05, 0) is 69.5 Å². The van der Waals surface area contributed by atoms with Crippen molar-refractivity contribution in [2.75, 3.05) is 0 Å². The summed E-state index contributed by atoms with van der Waals surface area (Å²) in [5, 5.41) is 2.37. The molecule has 0 amide bonds. The quantitative estimate of drug-likeness (QED) is 0.123. The van der Waals surface area contributed by atoms with Crippen molar-refractivity contribution in [3.63, 3.8) is 0 Å². The Morgan fingerprint density at radius 1 is 0.750 bits per heavy atom. The second-order valence-electron chi connectivity index (χ2n) is 13.8. The van der Waals surface area contributed by atoms with Crippen LogP contribution in [-0.4, -0.2) is 23.2 Å². The molecule has 5 heteroatoms. The normalized spacial score (nSPS) is 13.8. The maximum absolute atomic E-state index is 9.19. The third-order valence-corrected chi connectivity index (χ3v) is 14.7. The predicted molar refractivity (Wildman–Crippen MR) is 222 cm³/mol. The standard InChI is InChI=1S/C33H26NS.C14H16GeN.Ir/c1-21-11-13-24(14-12-21)23(3)25-17-18-34-31(19-25)30-10-6-9-29-28-16-15-26(20-32(28)35-33(29)30)27-8-5-4-7-22(27)2;1-15(2,3)13-9-10-14(16-11-13)12-7-5-4-6-8-12;/h4-9,11-20,23H,1-3H3;4-7,9-11H,1-3H3;/q2*-1;/i1D3,23D;;. The van der Waals surface area contributed by atoms with E-state index in [-0.39, 0.29) is 25.7 Å². The van der Waals surface area contributed by atoms with Crippen LogP contribution >= 0.6 is 11.3 Å². The van der Waals surface area contributed by atoms with Crippen molar-refractivity contribution >= 4 is 49.2 Å². The molecule has 8 aromatic rings. The van der Waals surface area contributed by atoms with Gasteiger partial charge in [0.2, 0.25) is 0 Å². The molecule has 261 valence electrons. The van der Waals surface area contributed by atoms with Gasteiger partial charge in [-0.15, -0.1) is 23.8 Å². The fourth-order valence-corrected chi connectivity index (χ4v) is 9.65. The van der Waals surface area contributed by atoms with Crippen LogP contribution in [0.25, 0.3) is 53.8 Å². The zero-order valence-corrected chi connectivity index (χ0v) is 35.2. The van der Waals surface area contributed by atoms with Crippen LogP contribution in [0.2, 0.25) is 17.3 Å². The Hall–Kier alpha value is -4.19. The van der Waals surface area contributed by atoms with Crippen molar-refractivity contribution in [1.82, 2.24) is 9.97 Å². The van der Waals surface area contributed by atoms with Crippen LogP contribution in [-0.2, 0) is 20.1 Å². The van der Waals surface area contributed by atoms with Crippen LogP contribution in [0, 0.1) is 25.9 Å². The van der Waals surface area contributed by atoms with Crippen LogP contribution < -0.4 is 4.40 Å². The Morgan fingerprint density at radius 3 is 2.27 bits per heavy atom. The maximum Gasteiger partial charge on any atom is 0 e. The molecular weight excluding hydrogens is 889 g/mol. The van der Waals surface area contributed by atoms with E-state index < -0.39 is 26.0 Å². The molecule has 0 saturated heterocycles. The van der Waals surface area contributed by atoms with E-state index in [9.17, 15) is 1.37 Å². The van der Waals surface area contributed by atoms with Gasteiger partial charge >= 0.3 is 99.8 Å². The Morgan fingerprint density at radius 2 is 1.56 bits per heavy atom. The molecule has 1 atom stereocenters. The van der Waals surface area contributed by atoms with Gasteiger partial charge in [-0.25, -0.2) is 0 Å². The summed E-state index contributed by atoms with van der Waals surface area (Å²) in [6.07, 6.45) is 3.78. The number of hydrogen-bond donors (Lipinski definition) is 0. The molecule has 0 saturated carbocycles. The Bertz CT molecular complexity index is 2600. The van der Waals surface area contributed by atoms with Crippen molar-refractivity contribution in [2.45, 2.75) is 43.9 Å². The van der Waals surface area contributed by atoms with Gasteiger partial charge in [0.25, 0.3) is 0 Å². The van der Waals surface area contributed by atoms with Gasteiger partial charge in [-0.3, -0.25) is 0 Å². The summed E-state index contributed by atoms with van der Waals surface area (Å²) >= 11 is 0.0241. The summed E-state index contributed by atoms with van der Waals surface area (Å²) in [4.78, 5) is 9.21. The Kier molecular flexibility index (Phi) is 10.1. The first-order valence-electron chi connectivity index (χ1n) is 19.1. The third kappa shape index (κ3) is 8.22. The van der Waals surface area contributed by atoms with E-state index in [1.165, 1.54) is 36.6 Å². The smallest absolute Gasteiger partial charge is 0 e. The van der Waals surface area contributed by atoms with E-state index in [2.05, 4.69) is 107 Å². The van der Waals surface area contributed by atoms with E-state index in [0.29, 0.717) is 0 Å². The van der Waals surface area contributed by atoms with Gasteiger partial charge in [0.05, 0.1) is 0 Å². The zero-order chi connectivity index (χ0) is 39.0. The average Bonchev–Trinajstić information content (AvgIpc) is 3.56. The van der Waals surface area contributed by atoms with Crippen molar-refractivity contribution in [2.24, 2.45) is 0 Å². The summed E-state index contributed by atoms with van der Waals surface area (Å²) in [5.74, 6) is 6.06. The second-order valence-corrected chi connectivity index (χ2v) is 25.5. The zero-order valence-electron chi connectivity index (χ0n) is 33.9. The summed E-state index contributed by atoms with van der Waals surface area (Å²) in [6.45, 7) is 1.80. The largest absolute Gasteiger partial charge is 0 e. The molecule has 3 heterocycles. The van der Waals surface area contributed by atoms with Crippen LogP contribution in [0.4, 0.5) is 0 Å². The molecule has 52 heavy (non-hydrogen) atoms. The van der Waals surface area contributed by atoms with Crippen molar-refractivity contribution in [3.05, 3.63) is 174 Å². The fourth-order valence-electron chi connectivity index (χ4n) is 6.23. The molecule has 3 aromatic heterocycles. The van der Waals surface area contributed by atoms with E-state index in [1.54, 1.807) is 41.8 Å². The second kappa shape index (κ2) is 16.2. The monoisotopic (exact) mass is 937 g/mol. The molecule has 0 N–H and O–H groups in total. The first-order valence-corrected chi connectivity index (χ1v) is 25.3. The van der Waals surface area contributed by atoms with E-state index >= 15 is 0 Å². The molecule has 8 rings (SSSR count). The molecule has 2 nitrogen and oxygen atoms in total. The molecule has 0 aliphatic heterocycles. The van der Waals surface area contributed by atoms with Crippen LogP contribution in [0.1, 0.15) is 40.6 Å². The average molecular weight is 936 g/mol. The first-order chi connectivity index (χ1) is 26.2. The number of rotatable bonds is 6. The summed E-state index contributed by atoms with van der Waals surface area (Å²) in [6, 6.07) is 48.5. The summed E-state index contributed by atoms with van der Waals surface area (Å²) < 4.78 is 35.9. The third-order valence-electron chi connectivity index (χ3n) is 9.27. The van der Waals surface area contributed by atoms with Gasteiger partial charge in [-0.2, -0.15) is 11.3 Å². The Labute approximate surface area is 334 Å². The maximum atomic E-state index is 9.19. The van der Waals surface area contributed by atoms with Gasteiger partial charge < -0.3 is 4.98 Å². The van der Waals surface area contributed by atoms with Gasteiger partial charge in [0.15, 0.2) is 0 Å². The first kappa shape index (κ1) is 32.5. The number of benzene rings is 5. The number of pyridine rings is 2. The molecule has 1 unspecified atom stereocenters. The summed E-state index contributed by atoms with van der Waals surface area (Å²) in [7, 11) is 0. The van der Waals surface area contributed by atoms with Crippen LogP contribution in [0.5, 0.6) is 0 Å². The SMILES string of the molecule is [2H]C([2H])([2H])c1ccc(C([2H])(C)c2ccnc(-c3[c-]ccc4c3sc3cc(-c5ccccc5C)ccc34)c2)cc1.[CH3][Ge]([CH3])([CH3])[c]1ccc(-c2[c-]cccc2)nc1.[Ir]. The minimum atomic E-state index is -2.17. The molecule has 0 aliphatic carbocycles. The van der Waals surface area contributed by atoms with Crippen molar-refractivity contribution in [3.8, 4) is 33.6 Å². The molecule has 5 aromatic carbocycles. The topological polar surface area (TPSA) is 25.8 Å². The minimum Gasteiger partial charge on any atom is 0 e. The van der Waals surface area contributed by atoms with Crippen molar-refractivity contribution in [1.29, 1.82) is 0 Å². The molecular formula is C47H42GeIrN2S-2. The molecule has 0 fully saturated rings. The number of aromatic nitrogens is 2. The molecule has 1 radical (unpaired) electrons. The fraction of sp³-hybridized carbons (Fsp3) is 0.149. The summed E-state index contributed by atoms with van der Waals surface area (Å²) in [5.41, 5.74) is 9.22. The predicted octanol–water partition coefficient (Wildman–Crippen LogP) is 12.4. The van der Waals surface area contributed by atoms with Gasteiger partial charge in [-0.1, -0.05) is 84.6 Å². The molecule has 0 bridgehead atoms. The number of thiophene rings is 1. The van der Waals surface area contributed by atoms with E-state index in [4.69, 9.17) is 4.11 Å². The van der Waals surface area contributed by atoms with Gasteiger partial charge in [0, 0.05) is 42.4 Å². The number of nitrogens with zero attached hydrogens (tertiary/aromatic N) is 2. The number of aryl methyl sites for hydroxylation is 2. The van der Waals surface area contributed by atoms with Crippen molar-refractivity contribution < 1.29 is 25.6 Å².